The second kappa shape index (κ2) is 6.16. The molecule has 17 heavy (non-hydrogen) atoms. The molecule has 0 saturated heterocycles. The van der Waals surface area contributed by atoms with E-state index in [2.05, 4.69) is 0 Å². The number of rotatable bonds is 6. The monoisotopic (exact) mass is 264 g/mol. The van der Waals surface area contributed by atoms with Crippen LogP contribution < -0.4 is 5.73 Å². The fraction of sp³-hybridized carbons (Fsp3) is 1.00. The Morgan fingerprint density at radius 3 is 2.06 bits per heavy atom. The number of hydrogen-bond donors (Lipinski definition) is 1. The lowest BCUT2D eigenvalue weighted by atomic mass is 10.0. The molecule has 0 aromatic rings. The van der Waals surface area contributed by atoms with Gasteiger partial charge in [0.1, 0.15) is 0 Å². The molecule has 0 aromatic carbocycles. The van der Waals surface area contributed by atoms with Crippen LogP contribution in [0.4, 0.5) is 0 Å². The minimum atomic E-state index is -3.16. The molecule has 0 aliphatic carbocycles. The van der Waals surface area contributed by atoms with E-state index in [4.69, 9.17) is 5.73 Å². The van der Waals surface area contributed by atoms with E-state index in [1.807, 2.05) is 34.6 Å². The van der Waals surface area contributed by atoms with E-state index in [1.165, 1.54) is 4.31 Å². The van der Waals surface area contributed by atoms with Crippen molar-refractivity contribution >= 4 is 10.0 Å². The molecule has 0 bridgehead atoms. The summed E-state index contributed by atoms with van der Waals surface area (Å²) in [6, 6.07) is 0.0577. The van der Waals surface area contributed by atoms with Crippen LogP contribution in [0.5, 0.6) is 0 Å². The van der Waals surface area contributed by atoms with Crippen molar-refractivity contribution in [3.05, 3.63) is 0 Å². The highest BCUT2D eigenvalue weighted by Crippen LogP contribution is 2.18. The largest absolute Gasteiger partial charge is 0.327 e. The van der Waals surface area contributed by atoms with Gasteiger partial charge in [0.25, 0.3) is 0 Å². The molecular formula is C12H28N2O2S. The number of nitrogens with zero attached hydrogens (tertiary/aromatic N) is 1. The Labute approximate surface area is 107 Å². The third-order valence-corrected chi connectivity index (χ3v) is 5.09. The molecule has 0 spiro atoms. The summed E-state index contributed by atoms with van der Waals surface area (Å²) in [5.74, 6) is 0.557. The Balaban J connectivity index is 4.36. The summed E-state index contributed by atoms with van der Waals surface area (Å²) < 4.78 is 25.5. The van der Waals surface area contributed by atoms with E-state index in [0.29, 0.717) is 18.9 Å². The van der Waals surface area contributed by atoms with Gasteiger partial charge in [0.15, 0.2) is 0 Å². The third-order valence-electron chi connectivity index (χ3n) is 2.72. The Morgan fingerprint density at radius 2 is 1.71 bits per heavy atom. The first kappa shape index (κ1) is 16.9. The highest BCUT2D eigenvalue weighted by atomic mass is 32.2. The van der Waals surface area contributed by atoms with Gasteiger partial charge in [0, 0.05) is 19.6 Å². The molecule has 0 rings (SSSR count). The van der Waals surface area contributed by atoms with Crippen molar-refractivity contribution in [1.82, 2.24) is 4.31 Å². The van der Waals surface area contributed by atoms with Gasteiger partial charge in [-0.2, -0.15) is 0 Å². The van der Waals surface area contributed by atoms with Gasteiger partial charge >= 0.3 is 0 Å². The van der Waals surface area contributed by atoms with Crippen LogP contribution in [-0.2, 0) is 10.0 Å². The van der Waals surface area contributed by atoms with Gasteiger partial charge in [0.2, 0.25) is 10.0 Å². The van der Waals surface area contributed by atoms with Crippen LogP contribution in [0.1, 0.15) is 41.0 Å². The molecule has 0 aromatic heterocycles. The molecule has 4 nitrogen and oxygen atoms in total. The Morgan fingerprint density at radius 1 is 1.24 bits per heavy atom. The van der Waals surface area contributed by atoms with Crippen molar-refractivity contribution in [2.75, 3.05) is 19.3 Å². The summed E-state index contributed by atoms with van der Waals surface area (Å²) in [7, 11) is -1.53. The molecule has 0 saturated carbocycles. The van der Waals surface area contributed by atoms with E-state index < -0.39 is 10.0 Å². The van der Waals surface area contributed by atoms with Gasteiger partial charge in [-0.3, -0.25) is 0 Å². The third kappa shape index (κ3) is 7.01. The average Bonchev–Trinajstić information content (AvgIpc) is 2.09. The van der Waals surface area contributed by atoms with Crippen LogP contribution in [-0.4, -0.2) is 38.1 Å². The van der Waals surface area contributed by atoms with Crippen molar-refractivity contribution in [2.45, 2.75) is 47.1 Å². The zero-order chi connectivity index (χ0) is 13.9. The molecule has 0 aliphatic rings. The maximum absolute atomic E-state index is 12.0. The number of sulfonamides is 1. The SMILES string of the molecule is CC(C)C(N)CCN(C)S(=O)(=O)CC(C)(C)C. The number of nitrogens with two attached hydrogens (primary N) is 1. The molecule has 0 radical (unpaired) electrons. The van der Waals surface area contributed by atoms with Gasteiger partial charge in [0.05, 0.1) is 5.75 Å². The molecule has 1 unspecified atom stereocenters. The lowest BCUT2D eigenvalue weighted by Gasteiger charge is -2.25. The minimum Gasteiger partial charge on any atom is -0.327 e. The Bertz CT molecular complexity index is 318. The van der Waals surface area contributed by atoms with Crippen LogP contribution in [0.25, 0.3) is 0 Å². The van der Waals surface area contributed by atoms with Crippen molar-refractivity contribution in [3.63, 3.8) is 0 Å². The van der Waals surface area contributed by atoms with Crippen LogP contribution in [0.15, 0.2) is 0 Å². The summed E-state index contributed by atoms with van der Waals surface area (Å²) in [6.07, 6.45) is 0.706. The van der Waals surface area contributed by atoms with Gasteiger partial charge in [-0.25, -0.2) is 12.7 Å². The first-order chi connectivity index (χ1) is 7.46. The molecule has 0 heterocycles. The highest BCUT2D eigenvalue weighted by Gasteiger charge is 2.25. The molecule has 2 N–H and O–H groups in total. The maximum Gasteiger partial charge on any atom is 0.214 e. The maximum atomic E-state index is 12.0. The zero-order valence-electron chi connectivity index (χ0n) is 12.0. The van der Waals surface area contributed by atoms with Gasteiger partial charge in [-0.15, -0.1) is 0 Å². The summed E-state index contributed by atoms with van der Waals surface area (Å²) in [6.45, 7) is 10.4. The second-order valence-corrected chi connectivity index (χ2v) is 8.41. The van der Waals surface area contributed by atoms with E-state index in [-0.39, 0.29) is 17.2 Å². The van der Waals surface area contributed by atoms with Crippen molar-refractivity contribution in [3.8, 4) is 0 Å². The quantitative estimate of drug-likeness (QED) is 0.793. The molecule has 1 atom stereocenters. The van der Waals surface area contributed by atoms with E-state index in [1.54, 1.807) is 7.05 Å². The van der Waals surface area contributed by atoms with Gasteiger partial charge in [-0.05, 0) is 17.8 Å². The van der Waals surface area contributed by atoms with Crippen LogP contribution in [0.2, 0.25) is 0 Å². The average molecular weight is 264 g/mol. The van der Waals surface area contributed by atoms with Gasteiger partial charge in [-0.1, -0.05) is 34.6 Å². The zero-order valence-corrected chi connectivity index (χ0v) is 12.8. The minimum absolute atomic E-state index is 0.0577. The molecule has 0 fully saturated rings. The predicted molar refractivity (Wildman–Crippen MR) is 73.3 cm³/mol. The lowest BCUT2D eigenvalue weighted by Crippen LogP contribution is -2.38. The van der Waals surface area contributed by atoms with E-state index >= 15 is 0 Å². The lowest BCUT2D eigenvalue weighted by molar-refractivity contribution is 0.385. The predicted octanol–water partition coefficient (Wildman–Crippen LogP) is 1.67. The first-order valence-corrected chi connectivity index (χ1v) is 7.76. The van der Waals surface area contributed by atoms with Gasteiger partial charge < -0.3 is 5.73 Å². The molecular weight excluding hydrogens is 236 g/mol. The topological polar surface area (TPSA) is 63.4 Å². The van der Waals surface area contributed by atoms with Crippen molar-refractivity contribution in [1.29, 1.82) is 0 Å². The fourth-order valence-electron chi connectivity index (χ4n) is 1.46. The first-order valence-electron chi connectivity index (χ1n) is 6.15. The summed E-state index contributed by atoms with van der Waals surface area (Å²) in [5.41, 5.74) is 5.70. The molecule has 5 heteroatoms. The molecule has 104 valence electrons. The number of hydrogen-bond acceptors (Lipinski definition) is 3. The van der Waals surface area contributed by atoms with Crippen molar-refractivity contribution in [2.24, 2.45) is 17.1 Å². The highest BCUT2D eigenvalue weighted by molar-refractivity contribution is 7.89. The van der Waals surface area contributed by atoms with Crippen LogP contribution in [0.3, 0.4) is 0 Å². The van der Waals surface area contributed by atoms with Crippen LogP contribution in [0, 0.1) is 11.3 Å². The van der Waals surface area contributed by atoms with Crippen molar-refractivity contribution < 1.29 is 8.42 Å². The van der Waals surface area contributed by atoms with E-state index in [0.717, 1.165) is 0 Å². The Kier molecular flexibility index (Phi) is 6.11. The summed E-state index contributed by atoms with van der Waals surface area (Å²) >= 11 is 0. The normalized spacial score (nSPS) is 15.6. The fourth-order valence-corrected chi connectivity index (χ4v) is 3.16. The second-order valence-electron chi connectivity index (χ2n) is 6.33. The summed E-state index contributed by atoms with van der Waals surface area (Å²) in [4.78, 5) is 0. The molecule has 0 aliphatic heterocycles. The molecule has 0 amide bonds. The van der Waals surface area contributed by atoms with Crippen LogP contribution >= 0.6 is 0 Å². The smallest absolute Gasteiger partial charge is 0.214 e. The van der Waals surface area contributed by atoms with E-state index in [9.17, 15) is 8.42 Å². The summed E-state index contributed by atoms with van der Waals surface area (Å²) in [5, 5.41) is 0. The standard InChI is InChI=1S/C12H28N2O2S/c1-10(2)11(13)7-8-14(6)17(15,16)9-12(3,4)5/h10-11H,7-9,13H2,1-6H3. The Hall–Kier alpha value is -0.130.